The van der Waals surface area contributed by atoms with Gasteiger partial charge in [-0.25, -0.2) is 4.79 Å². The number of hydrogen-bond acceptors (Lipinski definition) is 6. The Morgan fingerprint density at radius 2 is 1.83 bits per heavy atom. The van der Waals surface area contributed by atoms with Gasteiger partial charge in [-0.15, -0.1) is 0 Å². The highest BCUT2D eigenvalue weighted by atomic mass is 16.6. The highest BCUT2D eigenvalue weighted by molar-refractivity contribution is 6.02. The lowest BCUT2D eigenvalue weighted by Gasteiger charge is -2.30. The molecule has 1 atom stereocenters. The Kier molecular flexibility index (Phi) is 4.82. The maximum Gasteiger partial charge on any atom is 0.336 e. The van der Waals surface area contributed by atoms with Gasteiger partial charge in [-0.1, -0.05) is 12.1 Å². The van der Waals surface area contributed by atoms with Crippen molar-refractivity contribution >= 4 is 17.4 Å². The van der Waals surface area contributed by atoms with Crippen LogP contribution in [-0.2, 0) is 14.3 Å². The zero-order valence-electron chi connectivity index (χ0n) is 13.9. The molecule has 2 rings (SSSR count). The quantitative estimate of drug-likeness (QED) is 0.517. The Bertz CT molecular complexity index is 792. The molecule has 24 heavy (non-hydrogen) atoms. The van der Waals surface area contributed by atoms with Gasteiger partial charge >= 0.3 is 5.97 Å². The number of rotatable bonds is 4. The molecule has 126 valence electrons. The van der Waals surface area contributed by atoms with Crippen molar-refractivity contribution in [1.82, 2.24) is 5.32 Å². The van der Waals surface area contributed by atoms with Crippen LogP contribution >= 0.6 is 0 Å². The van der Waals surface area contributed by atoms with Gasteiger partial charge in [0.1, 0.15) is 0 Å². The molecule has 1 aromatic rings. The van der Waals surface area contributed by atoms with E-state index in [4.69, 9.17) is 4.74 Å². The normalized spacial score (nSPS) is 17.4. The number of nitrogens with zero attached hydrogens (tertiary/aromatic N) is 1. The molecule has 1 aliphatic rings. The van der Waals surface area contributed by atoms with Gasteiger partial charge in [-0.2, -0.15) is 0 Å². The number of carbonyl (C=O) groups excluding carboxylic acids is 2. The lowest BCUT2D eigenvalue weighted by atomic mass is 9.79. The van der Waals surface area contributed by atoms with Crippen molar-refractivity contribution in [3.63, 3.8) is 0 Å². The van der Waals surface area contributed by atoms with Crippen LogP contribution in [0.2, 0.25) is 0 Å². The first kappa shape index (κ1) is 17.4. The Hall–Kier alpha value is -2.96. The van der Waals surface area contributed by atoms with E-state index in [0.717, 1.165) is 0 Å². The van der Waals surface area contributed by atoms with Crippen LogP contribution in [0.1, 0.15) is 32.3 Å². The van der Waals surface area contributed by atoms with E-state index in [1.807, 2.05) is 0 Å². The standard InChI is InChI=1S/C17H18N2O5/c1-9-14(11(3)20)16(15(10(2)18-9)17(21)24-4)12-6-5-7-13(8-12)19(22)23/h5-8,16,18H,1-4H3. The van der Waals surface area contributed by atoms with Gasteiger partial charge < -0.3 is 10.1 Å². The molecule has 1 N–H and O–H groups in total. The first-order valence-corrected chi connectivity index (χ1v) is 7.30. The molecule has 0 bridgehead atoms. The molecule has 7 heteroatoms. The fourth-order valence-corrected chi connectivity index (χ4v) is 2.99. The van der Waals surface area contributed by atoms with Gasteiger partial charge in [0.2, 0.25) is 0 Å². The van der Waals surface area contributed by atoms with Crippen LogP contribution in [0.4, 0.5) is 5.69 Å². The highest BCUT2D eigenvalue weighted by Crippen LogP contribution is 2.39. The summed E-state index contributed by atoms with van der Waals surface area (Å²) in [5.74, 6) is -1.51. The number of methoxy groups -OCH3 is 1. The summed E-state index contributed by atoms with van der Waals surface area (Å²) < 4.78 is 4.85. The first-order chi connectivity index (χ1) is 11.3. The molecule has 7 nitrogen and oxygen atoms in total. The summed E-state index contributed by atoms with van der Waals surface area (Å²) in [5, 5.41) is 14.1. The second-order valence-corrected chi connectivity index (χ2v) is 5.54. The third-order valence-corrected chi connectivity index (χ3v) is 3.96. The molecule has 0 amide bonds. The van der Waals surface area contributed by atoms with Gasteiger partial charge in [0.25, 0.3) is 5.69 Å². The number of benzene rings is 1. The second-order valence-electron chi connectivity index (χ2n) is 5.54. The van der Waals surface area contributed by atoms with Gasteiger partial charge in [0.05, 0.1) is 17.6 Å². The van der Waals surface area contributed by atoms with E-state index >= 15 is 0 Å². The number of esters is 1. The predicted octanol–water partition coefficient (Wildman–Crippen LogP) is 2.59. The third-order valence-electron chi connectivity index (χ3n) is 3.96. The van der Waals surface area contributed by atoms with E-state index in [2.05, 4.69) is 5.32 Å². The fraction of sp³-hybridized carbons (Fsp3) is 0.294. The first-order valence-electron chi connectivity index (χ1n) is 7.30. The minimum Gasteiger partial charge on any atom is -0.466 e. The summed E-state index contributed by atoms with van der Waals surface area (Å²) in [4.78, 5) is 35.0. The van der Waals surface area contributed by atoms with Crippen LogP contribution in [0.15, 0.2) is 46.8 Å². The van der Waals surface area contributed by atoms with E-state index < -0.39 is 16.8 Å². The van der Waals surface area contributed by atoms with Crippen molar-refractivity contribution < 1.29 is 19.2 Å². The average Bonchev–Trinajstić information content (AvgIpc) is 2.53. The van der Waals surface area contributed by atoms with Gasteiger partial charge in [-0.3, -0.25) is 14.9 Å². The summed E-state index contributed by atoms with van der Waals surface area (Å²) in [7, 11) is 1.26. The minimum atomic E-state index is -0.712. The summed E-state index contributed by atoms with van der Waals surface area (Å²) in [5.41, 5.74) is 2.23. The average molecular weight is 330 g/mol. The zero-order chi connectivity index (χ0) is 18.0. The molecule has 1 heterocycles. The van der Waals surface area contributed by atoms with Crippen LogP contribution in [0.25, 0.3) is 0 Å². The number of allylic oxidation sites excluding steroid dienone is 3. The molecule has 1 aromatic carbocycles. The molecular weight excluding hydrogens is 312 g/mol. The number of nitrogens with one attached hydrogen (secondary N) is 1. The molecular formula is C17H18N2O5. The SMILES string of the molecule is COC(=O)C1=C(C)NC(C)=C(C(C)=O)C1c1cccc([N+](=O)[O-])c1. The lowest BCUT2D eigenvalue weighted by molar-refractivity contribution is -0.384. The number of carbonyl (C=O) groups is 2. The van der Waals surface area contributed by atoms with Crippen LogP contribution < -0.4 is 5.32 Å². The molecule has 0 fully saturated rings. The number of hydrogen-bond donors (Lipinski definition) is 1. The van der Waals surface area contributed by atoms with Crippen LogP contribution in [-0.4, -0.2) is 23.8 Å². The molecule has 0 radical (unpaired) electrons. The largest absolute Gasteiger partial charge is 0.466 e. The number of nitro benzene ring substituents is 1. The van der Waals surface area contributed by atoms with E-state index in [-0.39, 0.29) is 17.0 Å². The fourth-order valence-electron chi connectivity index (χ4n) is 2.99. The van der Waals surface area contributed by atoms with Crippen LogP contribution in [0.3, 0.4) is 0 Å². The Morgan fingerprint density at radius 3 is 2.38 bits per heavy atom. The van der Waals surface area contributed by atoms with Crippen molar-refractivity contribution in [3.05, 3.63) is 62.5 Å². The summed E-state index contributed by atoms with van der Waals surface area (Å²) in [6.07, 6.45) is 0. The van der Waals surface area contributed by atoms with Gasteiger partial charge in [0, 0.05) is 35.0 Å². The van der Waals surface area contributed by atoms with E-state index in [1.165, 1.54) is 32.2 Å². The maximum atomic E-state index is 12.3. The summed E-state index contributed by atoms with van der Waals surface area (Å²) in [6.45, 7) is 4.84. The third kappa shape index (κ3) is 3.05. The van der Waals surface area contributed by atoms with E-state index in [0.29, 0.717) is 22.5 Å². The minimum absolute atomic E-state index is 0.103. The Labute approximate surface area is 139 Å². The van der Waals surface area contributed by atoms with Crippen molar-refractivity contribution in [1.29, 1.82) is 0 Å². The van der Waals surface area contributed by atoms with Crippen molar-refractivity contribution in [2.45, 2.75) is 26.7 Å². The van der Waals surface area contributed by atoms with Crippen molar-refractivity contribution in [2.75, 3.05) is 7.11 Å². The monoisotopic (exact) mass is 330 g/mol. The highest BCUT2D eigenvalue weighted by Gasteiger charge is 2.36. The van der Waals surface area contributed by atoms with Crippen molar-refractivity contribution in [2.24, 2.45) is 0 Å². The number of dihydropyridines is 1. The Balaban J connectivity index is 2.72. The maximum absolute atomic E-state index is 12.3. The van der Waals surface area contributed by atoms with E-state index in [1.54, 1.807) is 19.9 Å². The Morgan fingerprint density at radius 1 is 1.21 bits per heavy atom. The van der Waals surface area contributed by atoms with Crippen LogP contribution in [0.5, 0.6) is 0 Å². The summed E-state index contributed by atoms with van der Waals surface area (Å²) in [6, 6.07) is 5.94. The molecule has 0 saturated heterocycles. The number of ether oxygens (including phenoxy) is 1. The van der Waals surface area contributed by atoms with Gasteiger partial charge in [0.15, 0.2) is 5.78 Å². The number of non-ortho nitro benzene ring substituents is 1. The lowest BCUT2D eigenvalue weighted by Crippen LogP contribution is -2.31. The summed E-state index contributed by atoms with van der Waals surface area (Å²) >= 11 is 0. The van der Waals surface area contributed by atoms with Crippen LogP contribution in [0, 0.1) is 10.1 Å². The van der Waals surface area contributed by atoms with Gasteiger partial charge in [-0.05, 0) is 26.3 Å². The molecule has 0 aromatic heterocycles. The number of ketones is 1. The van der Waals surface area contributed by atoms with E-state index in [9.17, 15) is 19.7 Å². The molecule has 0 spiro atoms. The molecule has 0 saturated carbocycles. The zero-order valence-corrected chi connectivity index (χ0v) is 13.9. The number of nitro groups is 1. The smallest absolute Gasteiger partial charge is 0.336 e. The molecule has 1 unspecified atom stereocenters. The molecule has 0 aliphatic carbocycles. The topological polar surface area (TPSA) is 98.5 Å². The predicted molar refractivity (Wildman–Crippen MR) is 87.1 cm³/mol. The second kappa shape index (κ2) is 6.66. The number of Topliss-reactive ketones (excluding diaryl/α,β-unsaturated/α-hetero) is 1. The van der Waals surface area contributed by atoms with Crippen molar-refractivity contribution in [3.8, 4) is 0 Å². The molecule has 1 aliphatic heterocycles.